The Morgan fingerprint density at radius 2 is 2.35 bits per heavy atom. The van der Waals surface area contributed by atoms with Crippen molar-refractivity contribution in [1.82, 2.24) is 14.8 Å². The van der Waals surface area contributed by atoms with Gasteiger partial charge in [-0.1, -0.05) is 20.3 Å². The van der Waals surface area contributed by atoms with Crippen molar-refractivity contribution in [2.45, 2.75) is 59.0 Å². The van der Waals surface area contributed by atoms with Crippen LogP contribution < -0.4 is 5.73 Å². The molecular weight excluding hydrogens is 212 g/mol. The Labute approximate surface area is 104 Å². The minimum absolute atomic E-state index is 0.210. The summed E-state index contributed by atoms with van der Waals surface area (Å²) < 4.78 is 1.95. The monoisotopic (exact) mass is 236 g/mol. The molecule has 2 rings (SSSR count). The molecule has 4 heteroatoms. The van der Waals surface area contributed by atoms with Gasteiger partial charge in [0.15, 0.2) is 0 Å². The summed E-state index contributed by atoms with van der Waals surface area (Å²) in [4.78, 5) is 4.32. The zero-order valence-corrected chi connectivity index (χ0v) is 11.2. The molecule has 0 aliphatic heterocycles. The number of rotatable bonds is 4. The molecule has 0 amide bonds. The molecule has 0 aromatic carbocycles. The fraction of sp³-hybridized carbons (Fsp3) is 0.846. The lowest BCUT2D eigenvalue weighted by atomic mass is 9.77. The van der Waals surface area contributed by atoms with E-state index in [0.29, 0.717) is 11.3 Å². The maximum atomic E-state index is 6.39. The molecule has 0 bridgehead atoms. The van der Waals surface area contributed by atoms with E-state index in [1.165, 1.54) is 19.3 Å². The van der Waals surface area contributed by atoms with Crippen LogP contribution in [0.5, 0.6) is 0 Å². The SMILES string of the molecule is CCn1ncnc1CC(N)C1CCCC1(C)C. The molecule has 1 aliphatic rings. The second-order valence-electron chi connectivity index (χ2n) is 5.85. The maximum absolute atomic E-state index is 6.39. The van der Waals surface area contributed by atoms with Crippen LogP contribution in [0.15, 0.2) is 6.33 Å². The smallest absolute Gasteiger partial charge is 0.138 e. The van der Waals surface area contributed by atoms with Crippen molar-refractivity contribution in [2.75, 3.05) is 0 Å². The molecule has 2 atom stereocenters. The lowest BCUT2D eigenvalue weighted by Crippen LogP contribution is -2.38. The Balaban J connectivity index is 2.04. The van der Waals surface area contributed by atoms with Crippen LogP contribution in [0, 0.1) is 11.3 Å². The largest absolute Gasteiger partial charge is 0.327 e. The van der Waals surface area contributed by atoms with Gasteiger partial charge < -0.3 is 5.73 Å². The van der Waals surface area contributed by atoms with Crippen molar-refractivity contribution < 1.29 is 0 Å². The van der Waals surface area contributed by atoms with E-state index < -0.39 is 0 Å². The summed E-state index contributed by atoms with van der Waals surface area (Å²) in [6.07, 6.45) is 6.35. The fourth-order valence-electron chi connectivity index (χ4n) is 3.21. The summed E-state index contributed by atoms with van der Waals surface area (Å²) in [6, 6.07) is 0.210. The number of nitrogens with zero attached hydrogens (tertiary/aromatic N) is 3. The predicted molar refractivity (Wildman–Crippen MR) is 68.5 cm³/mol. The summed E-state index contributed by atoms with van der Waals surface area (Å²) in [5, 5.41) is 4.20. The van der Waals surface area contributed by atoms with Gasteiger partial charge in [-0.25, -0.2) is 4.98 Å². The second-order valence-corrected chi connectivity index (χ2v) is 5.85. The van der Waals surface area contributed by atoms with E-state index in [1.54, 1.807) is 6.33 Å². The summed E-state index contributed by atoms with van der Waals surface area (Å²) in [7, 11) is 0. The summed E-state index contributed by atoms with van der Waals surface area (Å²) in [5.74, 6) is 1.65. The first-order valence-electron chi connectivity index (χ1n) is 6.67. The van der Waals surface area contributed by atoms with Gasteiger partial charge in [0.2, 0.25) is 0 Å². The molecule has 2 unspecified atom stereocenters. The molecule has 1 aromatic rings. The van der Waals surface area contributed by atoms with Crippen LogP contribution in [0.25, 0.3) is 0 Å². The van der Waals surface area contributed by atoms with Gasteiger partial charge in [0, 0.05) is 19.0 Å². The zero-order chi connectivity index (χ0) is 12.5. The molecule has 1 aliphatic carbocycles. The van der Waals surface area contributed by atoms with Gasteiger partial charge in [0.05, 0.1) is 0 Å². The molecule has 0 radical (unpaired) electrons. The summed E-state index contributed by atoms with van der Waals surface area (Å²) in [5.41, 5.74) is 6.77. The van der Waals surface area contributed by atoms with Crippen molar-refractivity contribution >= 4 is 0 Å². The van der Waals surface area contributed by atoms with Gasteiger partial charge in [-0.05, 0) is 31.1 Å². The highest BCUT2D eigenvalue weighted by Crippen LogP contribution is 2.44. The third-order valence-electron chi connectivity index (χ3n) is 4.27. The second kappa shape index (κ2) is 4.77. The first kappa shape index (κ1) is 12.6. The molecule has 1 heterocycles. The predicted octanol–water partition coefficient (Wildman–Crippen LogP) is 1.99. The highest BCUT2D eigenvalue weighted by atomic mass is 15.3. The number of aryl methyl sites for hydroxylation is 1. The van der Waals surface area contributed by atoms with Crippen LogP contribution in [0.4, 0.5) is 0 Å². The molecule has 1 saturated carbocycles. The van der Waals surface area contributed by atoms with Gasteiger partial charge in [-0.2, -0.15) is 5.10 Å². The molecule has 96 valence electrons. The average molecular weight is 236 g/mol. The Bertz CT molecular complexity index is 369. The van der Waals surface area contributed by atoms with Crippen molar-refractivity contribution in [3.8, 4) is 0 Å². The van der Waals surface area contributed by atoms with Crippen molar-refractivity contribution in [3.63, 3.8) is 0 Å². The van der Waals surface area contributed by atoms with Gasteiger partial charge in [0.25, 0.3) is 0 Å². The first-order valence-corrected chi connectivity index (χ1v) is 6.67. The highest BCUT2D eigenvalue weighted by molar-refractivity contribution is 4.97. The Morgan fingerprint density at radius 3 is 2.94 bits per heavy atom. The van der Waals surface area contributed by atoms with E-state index in [9.17, 15) is 0 Å². The number of hydrogen-bond donors (Lipinski definition) is 1. The van der Waals surface area contributed by atoms with E-state index in [0.717, 1.165) is 18.8 Å². The Hall–Kier alpha value is -0.900. The van der Waals surface area contributed by atoms with Gasteiger partial charge in [-0.3, -0.25) is 4.68 Å². The third kappa shape index (κ3) is 2.51. The van der Waals surface area contributed by atoms with Crippen LogP contribution >= 0.6 is 0 Å². The van der Waals surface area contributed by atoms with Crippen LogP contribution in [-0.4, -0.2) is 20.8 Å². The Kier molecular flexibility index (Phi) is 3.52. The van der Waals surface area contributed by atoms with E-state index in [1.807, 2.05) is 4.68 Å². The maximum Gasteiger partial charge on any atom is 0.138 e. The van der Waals surface area contributed by atoms with Gasteiger partial charge >= 0.3 is 0 Å². The first-order chi connectivity index (χ1) is 8.04. The van der Waals surface area contributed by atoms with E-state index >= 15 is 0 Å². The molecule has 0 spiro atoms. The van der Waals surface area contributed by atoms with Crippen molar-refractivity contribution in [3.05, 3.63) is 12.2 Å². The Morgan fingerprint density at radius 1 is 1.59 bits per heavy atom. The van der Waals surface area contributed by atoms with Crippen molar-refractivity contribution in [1.29, 1.82) is 0 Å². The van der Waals surface area contributed by atoms with Gasteiger partial charge in [0.1, 0.15) is 12.2 Å². The molecule has 1 aromatic heterocycles. The zero-order valence-electron chi connectivity index (χ0n) is 11.2. The normalized spacial score (nSPS) is 25.1. The van der Waals surface area contributed by atoms with Crippen LogP contribution in [0.2, 0.25) is 0 Å². The van der Waals surface area contributed by atoms with E-state index in [-0.39, 0.29) is 6.04 Å². The minimum Gasteiger partial charge on any atom is -0.327 e. The molecule has 17 heavy (non-hydrogen) atoms. The van der Waals surface area contributed by atoms with E-state index in [2.05, 4.69) is 30.9 Å². The summed E-state index contributed by atoms with van der Waals surface area (Å²) in [6.45, 7) is 7.64. The topological polar surface area (TPSA) is 56.7 Å². The molecule has 0 saturated heterocycles. The third-order valence-corrected chi connectivity index (χ3v) is 4.27. The quantitative estimate of drug-likeness (QED) is 0.870. The summed E-state index contributed by atoms with van der Waals surface area (Å²) >= 11 is 0. The molecule has 1 fully saturated rings. The van der Waals surface area contributed by atoms with Crippen LogP contribution in [0.1, 0.15) is 45.9 Å². The molecule has 4 nitrogen and oxygen atoms in total. The number of nitrogens with two attached hydrogens (primary N) is 1. The lowest BCUT2D eigenvalue weighted by molar-refractivity contribution is 0.217. The lowest BCUT2D eigenvalue weighted by Gasteiger charge is -2.31. The van der Waals surface area contributed by atoms with Crippen LogP contribution in [-0.2, 0) is 13.0 Å². The average Bonchev–Trinajstić information content (AvgIpc) is 2.83. The minimum atomic E-state index is 0.210. The van der Waals surface area contributed by atoms with Crippen molar-refractivity contribution in [2.24, 2.45) is 17.1 Å². The van der Waals surface area contributed by atoms with Crippen LogP contribution in [0.3, 0.4) is 0 Å². The highest BCUT2D eigenvalue weighted by Gasteiger charge is 2.38. The van der Waals surface area contributed by atoms with Gasteiger partial charge in [-0.15, -0.1) is 0 Å². The number of hydrogen-bond acceptors (Lipinski definition) is 3. The standard InChI is InChI=1S/C13H24N4/c1-4-17-12(15-9-16-17)8-11(14)10-6-5-7-13(10,2)3/h9-11H,4-8,14H2,1-3H3. The fourth-order valence-corrected chi connectivity index (χ4v) is 3.21. The van der Waals surface area contributed by atoms with E-state index in [4.69, 9.17) is 5.73 Å². The molecular formula is C13H24N4. The number of aromatic nitrogens is 3. The molecule has 2 N–H and O–H groups in total.